The molecule has 2 rings (SSSR count). The third-order valence-corrected chi connectivity index (χ3v) is 4.31. The third-order valence-electron chi connectivity index (χ3n) is 4.31. The van der Waals surface area contributed by atoms with E-state index in [1.165, 1.54) is 6.42 Å². The molecule has 0 saturated heterocycles. The zero-order valence-electron chi connectivity index (χ0n) is 10.2. The van der Waals surface area contributed by atoms with E-state index in [1.807, 2.05) is 0 Å². The molecule has 86 valence electrons. The highest BCUT2D eigenvalue weighted by atomic mass is 16.1. The molecule has 2 fully saturated rings. The summed E-state index contributed by atoms with van der Waals surface area (Å²) in [6.07, 6.45) is 4.82. The van der Waals surface area contributed by atoms with Crippen molar-refractivity contribution in [2.75, 3.05) is 6.54 Å². The normalized spacial score (nSPS) is 33.7. The van der Waals surface area contributed by atoms with Crippen molar-refractivity contribution in [2.45, 2.75) is 46.5 Å². The van der Waals surface area contributed by atoms with Gasteiger partial charge in [0.05, 0.1) is 0 Å². The molecule has 0 aromatic rings. The monoisotopic (exact) mass is 209 g/mol. The van der Waals surface area contributed by atoms with E-state index in [1.54, 1.807) is 0 Å². The summed E-state index contributed by atoms with van der Waals surface area (Å²) in [5.41, 5.74) is 0.247. The van der Waals surface area contributed by atoms with E-state index in [0.29, 0.717) is 11.8 Å². The van der Waals surface area contributed by atoms with Gasteiger partial charge < -0.3 is 5.32 Å². The van der Waals surface area contributed by atoms with Crippen LogP contribution in [-0.2, 0) is 4.79 Å². The second-order valence-electron chi connectivity index (χ2n) is 6.16. The minimum atomic E-state index is 0.247. The first kappa shape index (κ1) is 11.0. The molecule has 2 aliphatic rings. The van der Waals surface area contributed by atoms with Crippen LogP contribution in [0.2, 0.25) is 0 Å². The minimum absolute atomic E-state index is 0.247. The smallest absolute Gasteiger partial charge is 0.223 e. The van der Waals surface area contributed by atoms with E-state index >= 15 is 0 Å². The van der Waals surface area contributed by atoms with Gasteiger partial charge in [-0.15, -0.1) is 0 Å². The number of carbonyl (C=O) groups is 1. The van der Waals surface area contributed by atoms with Crippen LogP contribution in [0.25, 0.3) is 0 Å². The van der Waals surface area contributed by atoms with Crippen molar-refractivity contribution >= 4 is 5.91 Å². The van der Waals surface area contributed by atoms with Crippen LogP contribution in [0.4, 0.5) is 0 Å². The Kier molecular flexibility index (Phi) is 2.78. The molecule has 1 amide bonds. The number of carbonyl (C=O) groups excluding carboxylic acids is 1. The summed E-state index contributed by atoms with van der Waals surface area (Å²) in [7, 11) is 0. The van der Waals surface area contributed by atoms with Crippen molar-refractivity contribution in [1.29, 1.82) is 0 Å². The van der Waals surface area contributed by atoms with E-state index < -0.39 is 0 Å². The molecule has 0 spiro atoms. The van der Waals surface area contributed by atoms with Gasteiger partial charge in [0.2, 0.25) is 5.91 Å². The largest absolute Gasteiger partial charge is 0.355 e. The zero-order valence-corrected chi connectivity index (χ0v) is 10.2. The summed E-state index contributed by atoms with van der Waals surface area (Å²) >= 11 is 0. The second kappa shape index (κ2) is 3.80. The molecule has 0 bridgehead atoms. The van der Waals surface area contributed by atoms with Crippen LogP contribution in [0.3, 0.4) is 0 Å². The molecule has 0 heterocycles. The van der Waals surface area contributed by atoms with Crippen LogP contribution in [0.1, 0.15) is 46.5 Å². The fraction of sp³-hybridized carbons (Fsp3) is 0.923. The maximum Gasteiger partial charge on any atom is 0.223 e. The van der Waals surface area contributed by atoms with Crippen molar-refractivity contribution in [2.24, 2.45) is 23.2 Å². The molecule has 2 nitrogen and oxygen atoms in total. The highest BCUT2D eigenvalue weighted by Gasteiger charge is 2.47. The highest BCUT2D eigenvalue weighted by Crippen LogP contribution is 2.54. The van der Waals surface area contributed by atoms with Crippen molar-refractivity contribution in [3.8, 4) is 0 Å². The van der Waals surface area contributed by atoms with E-state index in [9.17, 15) is 4.79 Å². The first-order chi connectivity index (χ1) is 7.02. The van der Waals surface area contributed by atoms with E-state index in [-0.39, 0.29) is 5.41 Å². The van der Waals surface area contributed by atoms with Crippen LogP contribution in [-0.4, -0.2) is 12.5 Å². The van der Waals surface area contributed by atoms with Gasteiger partial charge in [-0.05, 0) is 42.9 Å². The molecule has 0 radical (unpaired) electrons. The van der Waals surface area contributed by atoms with Crippen LogP contribution < -0.4 is 5.32 Å². The summed E-state index contributed by atoms with van der Waals surface area (Å²) < 4.78 is 0. The lowest BCUT2D eigenvalue weighted by molar-refractivity contribution is -0.125. The molecule has 1 N–H and O–H groups in total. The molecule has 2 saturated carbocycles. The lowest BCUT2D eigenvalue weighted by Crippen LogP contribution is -2.37. The number of nitrogens with one attached hydrogen (secondary N) is 1. The maximum absolute atomic E-state index is 11.9. The standard InChI is InChI=1S/C13H23NO/c1-4-13(2,3)8-14-12(15)11-6-9-5-10(9)7-11/h9-11H,4-8H2,1-3H3,(H,14,15). The van der Waals surface area contributed by atoms with Gasteiger partial charge in [0.25, 0.3) is 0 Å². The van der Waals surface area contributed by atoms with Gasteiger partial charge >= 0.3 is 0 Å². The van der Waals surface area contributed by atoms with Crippen LogP contribution >= 0.6 is 0 Å². The molecule has 0 aliphatic heterocycles. The van der Waals surface area contributed by atoms with E-state index in [4.69, 9.17) is 0 Å². The summed E-state index contributed by atoms with van der Waals surface area (Å²) in [4.78, 5) is 11.9. The number of amides is 1. The van der Waals surface area contributed by atoms with Gasteiger partial charge in [-0.1, -0.05) is 20.8 Å². The Morgan fingerprint density at radius 1 is 1.27 bits per heavy atom. The van der Waals surface area contributed by atoms with Gasteiger partial charge in [0.15, 0.2) is 0 Å². The Balaban J connectivity index is 1.73. The van der Waals surface area contributed by atoms with Crippen molar-refractivity contribution < 1.29 is 4.79 Å². The van der Waals surface area contributed by atoms with Crippen LogP contribution in [0, 0.1) is 23.2 Å². The average molecular weight is 209 g/mol. The zero-order chi connectivity index (χ0) is 11.1. The van der Waals surface area contributed by atoms with Gasteiger partial charge in [-0.2, -0.15) is 0 Å². The predicted octanol–water partition coefficient (Wildman–Crippen LogP) is 2.58. The molecule has 0 aromatic carbocycles. The molecule has 2 aliphatic carbocycles. The third kappa shape index (κ3) is 2.53. The summed E-state index contributed by atoms with van der Waals surface area (Å²) in [6.45, 7) is 7.42. The average Bonchev–Trinajstić information content (AvgIpc) is 2.82. The lowest BCUT2D eigenvalue weighted by atomic mass is 9.90. The number of hydrogen-bond donors (Lipinski definition) is 1. The Labute approximate surface area is 92.8 Å². The molecule has 2 heteroatoms. The van der Waals surface area contributed by atoms with Gasteiger partial charge in [0.1, 0.15) is 0 Å². The molecule has 15 heavy (non-hydrogen) atoms. The van der Waals surface area contributed by atoms with Gasteiger partial charge in [-0.25, -0.2) is 0 Å². The van der Waals surface area contributed by atoms with Crippen molar-refractivity contribution in [3.05, 3.63) is 0 Å². The van der Waals surface area contributed by atoms with Crippen LogP contribution in [0.5, 0.6) is 0 Å². The highest BCUT2D eigenvalue weighted by molar-refractivity contribution is 5.79. The quantitative estimate of drug-likeness (QED) is 0.757. The Morgan fingerprint density at radius 3 is 2.40 bits per heavy atom. The molecule has 2 atom stereocenters. The molecule has 2 unspecified atom stereocenters. The van der Waals surface area contributed by atoms with Crippen LogP contribution in [0.15, 0.2) is 0 Å². The summed E-state index contributed by atoms with van der Waals surface area (Å²) in [5.74, 6) is 2.45. The summed E-state index contributed by atoms with van der Waals surface area (Å²) in [6, 6.07) is 0. The number of hydrogen-bond acceptors (Lipinski definition) is 1. The SMILES string of the molecule is CCC(C)(C)CNC(=O)C1CC2CC2C1. The van der Waals surface area contributed by atoms with Crippen molar-refractivity contribution in [1.82, 2.24) is 5.32 Å². The van der Waals surface area contributed by atoms with E-state index in [2.05, 4.69) is 26.1 Å². The molecule has 0 aromatic heterocycles. The summed E-state index contributed by atoms with van der Waals surface area (Å²) in [5, 5.41) is 3.12. The number of fused-ring (bicyclic) bond motifs is 1. The lowest BCUT2D eigenvalue weighted by Gasteiger charge is -2.24. The van der Waals surface area contributed by atoms with Crippen molar-refractivity contribution in [3.63, 3.8) is 0 Å². The second-order valence-corrected chi connectivity index (χ2v) is 6.16. The Morgan fingerprint density at radius 2 is 1.87 bits per heavy atom. The Bertz CT molecular complexity index is 249. The fourth-order valence-electron chi connectivity index (χ4n) is 2.52. The first-order valence-electron chi connectivity index (χ1n) is 6.29. The first-order valence-corrected chi connectivity index (χ1v) is 6.29. The number of rotatable bonds is 4. The van der Waals surface area contributed by atoms with Gasteiger partial charge in [0, 0.05) is 12.5 Å². The Hall–Kier alpha value is -0.530. The van der Waals surface area contributed by atoms with E-state index in [0.717, 1.165) is 37.6 Å². The fourth-order valence-corrected chi connectivity index (χ4v) is 2.52. The topological polar surface area (TPSA) is 29.1 Å². The minimum Gasteiger partial charge on any atom is -0.355 e. The maximum atomic E-state index is 11.9. The van der Waals surface area contributed by atoms with Gasteiger partial charge in [-0.3, -0.25) is 4.79 Å². The molecular weight excluding hydrogens is 186 g/mol. The molecular formula is C13H23NO. The predicted molar refractivity (Wildman–Crippen MR) is 61.4 cm³/mol.